The topological polar surface area (TPSA) is 149 Å². The molecular weight excluding hydrogens is 851 g/mol. The fourth-order valence-corrected chi connectivity index (χ4v) is 9.87. The molecule has 68 heavy (non-hydrogen) atoms. The Kier molecular flexibility index (Phi) is 47.3. The van der Waals surface area contributed by atoms with Gasteiger partial charge in [0.05, 0.1) is 25.4 Å². The molecule has 0 aromatic rings. The number of carbonyl (C=O) groups is 1. The second-order valence-electron chi connectivity index (χ2n) is 21.2. The van der Waals surface area contributed by atoms with Gasteiger partial charge < -0.3 is 40.3 Å². The Bertz CT molecular complexity index is 1080. The summed E-state index contributed by atoms with van der Waals surface area (Å²) in [5.41, 5.74) is 0. The van der Waals surface area contributed by atoms with Crippen LogP contribution in [0, 0.1) is 0 Å². The van der Waals surface area contributed by atoms with Crippen LogP contribution in [0.1, 0.15) is 303 Å². The van der Waals surface area contributed by atoms with Gasteiger partial charge in [-0.15, -0.1) is 0 Å². The molecule has 0 aromatic carbocycles. The molecular formula is C59H115NO8. The summed E-state index contributed by atoms with van der Waals surface area (Å²) >= 11 is 0. The monoisotopic (exact) mass is 966 g/mol. The van der Waals surface area contributed by atoms with Gasteiger partial charge in [0.2, 0.25) is 5.91 Å². The van der Waals surface area contributed by atoms with E-state index in [2.05, 4.69) is 19.2 Å². The third kappa shape index (κ3) is 38.6. The number of rotatable bonds is 52. The van der Waals surface area contributed by atoms with E-state index in [9.17, 15) is 30.3 Å². The average molecular weight is 967 g/mol. The number of ether oxygens (including phenoxy) is 2. The van der Waals surface area contributed by atoms with Crippen LogP contribution in [0.4, 0.5) is 0 Å². The largest absolute Gasteiger partial charge is 0.394 e. The van der Waals surface area contributed by atoms with Crippen LogP contribution in [0.2, 0.25) is 0 Å². The van der Waals surface area contributed by atoms with Crippen LogP contribution in [-0.2, 0) is 14.3 Å². The SMILES string of the molecule is CCCCCCCCC/C=C/[C@@H](O)[C@H](CO[C@@H]1O[C@H](CO)[C@H](O)C(O)C1O)NC(=O)CCCCCCCCCCCCCCCCCCCCCCCCCCCCCCCCCCCCCC. The van der Waals surface area contributed by atoms with Crippen LogP contribution in [0.25, 0.3) is 0 Å². The third-order valence-electron chi connectivity index (χ3n) is 14.6. The summed E-state index contributed by atoms with van der Waals surface area (Å²) in [5, 5.41) is 54.2. The smallest absolute Gasteiger partial charge is 0.220 e. The number of allylic oxidation sites excluding steroid dienone is 1. The van der Waals surface area contributed by atoms with E-state index in [1.54, 1.807) is 6.08 Å². The van der Waals surface area contributed by atoms with Crippen molar-refractivity contribution in [2.45, 2.75) is 346 Å². The van der Waals surface area contributed by atoms with Gasteiger partial charge >= 0.3 is 0 Å². The van der Waals surface area contributed by atoms with E-state index in [1.807, 2.05) is 6.08 Å². The number of amides is 1. The molecule has 2 unspecified atom stereocenters. The maximum absolute atomic E-state index is 13.0. The normalized spacial score (nSPS) is 19.5. The molecule has 404 valence electrons. The van der Waals surface area contributed by atoms with Crippen LogP contribution in [0.15, 0.2) is 12.2 Å². The molecule has 1 saturated heterocycles. The first kappa shape index (κ1) is 64.9. The van der Waals surface area contributed by atoms with Gasteiger partial charge in [0.1, 0.15) is 24.4 Å². The first-order chi connectivity index (χ1) is 33.3. The average Bonchev–Trinajstić information content (AvgIpc) is 3.34. The Morgan fingerprint density at radius 2 is 0.809 bits per heavy atom. The summed E-state index contributed by atoms with van der Waals surface area (Å²) in [6.45, 7) is 3.77. The molecule has 1 aliphatic heterocycles. The first-order valence-electron chi connectivity index (χ1n) is 29.9. The van der Waals surface area contributed by atoms with E-state index in [-0.39, 0.29) is 12.5 Å². The molecule has 0 radical (unpaired) electrons. The Morgan fingerprint density at radius 3 is 1.15 bits per heavy atom. The molecule has 0 aromatic heterocycles. The zero-order chi connectivity index (χ0) is 49.4. The van der Waals surface area contributed by atoms with E-state index in [0.717, 1.165) is 38.5 Å². The maximum atomic E-state index is 13.0. The predicted molar refractivity (Wildman–Crippen MR) is 286 cm³/mol. The molecule has 1 amide bonds. The molecule has 0 aliphatic carbocycles. The summed E-state index contributed by atoms with van der Waals surface area (Å²) in [5.74, 6) is -0.173. The lowest BCUT2D eigenvalue weighted by molar-refractivity contribution is -0.302. The summed E-state index contributed by atoms with van der Waals surface area (Å²) in [6, 6.07) is -0.798. The molecule has 1 aliphatic rings. The quantitative estimate of drug-likeness (QED) is 0.0261. The second kappa shape index (κ2) is 49.5. The number of hydrogen-bond donors (Lipinski definition) is 6. The van der Waals surface area contributed by atoms with E-state index in [4.69, 9.17) is 9.47 Å². The molecule has 6 N–H and O–H groups in total. The minimum Gasteiger partial charge on any atom is -0.394 e. The first-order valence-corrected chi connectivity index (χ1v) is 29.9. The zero-order valence-corrected chi connectivity index (χ0v) is 44.9. The third-order valence-corrected chi connectivity index (χ3v) is 14.6. The van der Waals surface area contributed by atoms with Crippen molar-refractivity contribution in [1.29, 1.82) is 0 Å². The van der Waals surface area contributed by atoms with Crippen molar-refractivity contribution < 1.29 is 39.8 Å². The van der Waals surface area contributed by atoms with Gasteiger partial charge in [-0.3, -0.25) is 4.79 Å². The van der Waals surface area contributed by atoms with Gasteiger partial charge in [0.15, 0.2) is 6.29 Å². The predicted octanol–water partition coefficient (Wildman–Crippen LogP) is 14.8. The molecule has 0 saturated carbocycles. The Hall–Kier alpha value is -1.07. The van der Waals surface area contributed by atoms with Crippen LogP contribution >= 0.6 is 0 Å². The van der Waals surface area contributed by atoms with Gasteiger partial charge in [0, 0.05) is 6.42 Å². The number of aliphatic hydroxyl groups excluding tert-OH is 5. The van der Waals surface area contributed by atoms with E-state index in [1.165, 1.54) is 244 Å². The summed E-state index contributed by atoms with van der Waals surface area (Å²) in [6.07, 6.45) is 54.8. The molecule has 1 fully saturated rings. The summed E-state index contributed by atoms with van der Waals surface area (Å²) in [4.78, 5) is 13.0. The summed E-state index contributed by atoms with van der Waals surface area (Å²) in [7, 11) is 0. The molecule has 1 rings (SSSR count). The van der Waals surface area contributed by atoms with Crippen LogP contribution in [0.5, 0.6) is 0 Å². The lowest BCUT2D eigenvalue weighted by atomic mass is 9.99. The molecule has 9 heteroatoms. The molecule has 1 heterocycles. The van der Waals surface area contributed by atoms with Crippen molar-refractivity contribution in [3.8, 4) is 0 Å². The number of carbonyl (C=O) groups excluding carboxylic acids is 1. The van der Waals surface area contributed by atoms with Gasteiger partial charge in [-0.05, 0) is 19.3 Å². The van der Waals surface area contributed by atoms with Crippen molar-refractivity contribution in [3.63, 3.8) is 0 Å². The Balaban J connectivity index is 2.00. The fraction of sp³-hybridized carbons (Fsp3) is 0.949. The molecule has 0 spiro atoms. The molecule has 7 atom stereocenters. The minimum atomic E-state index is -1.56. The highest BCUT2D eigenvalue weighted by molar-refractivity contribution is 5.76. The van der Waals surface area contributed by atoms with Crippen LogP contribution in [-0.4, -0.2) is 87.5 Å². The lowest BCUT2D eigenvalue weighted by Crippen LogP contribution is -2.60. The van der Waals surface area contributed by atoms with E-state index >= 15 is 0 Å². The van der Waals surface area contributed by atoms with Crippen molar-refractivity contribution in [2.75, 3.05) is 13.2 Å². The van der Waals surface area contributed by atoms with Gasteiger partial charge in [-0.2, -0.15) is 0 Å². The van der Waals surface area contributed by atoms with Crippen LogP contribution in [0.3, 0.4) is 0 Å². The number of nitrogens with one attached hydrogen (secondary N) is 1. The molecule has 0 bridgehead atoms. The summed E-state index contributed by atoms with van der Waals surface area (Å²) < 4.78 is 11.2. The number of aliphatic hydroxyl groups is 5. The standard InChI is InChI=1S/C59H115NO8/c1-3-5-7-9-11-13-14-15-16-17-18-19-20-21-22-23-24-25-26-27-28-29-30-31-32-33-34-35-36-37-38-39-41-43-45-47-49-55(63)60-52(53(62)48-46-44-42-40-12-10-8-6-4-2)51-67-59-58(66)57(65)56(64)54(50-61)68-59/h46,48,52-54,56-59,61-62,64-66H,3-45,47,49-51H2,1-2H3,(H,60,63)/b48-46+/t52-,53+,54+,56-,57?,58?,59+/m0/s1. The Labute approximate surface area is 420 Å². The van der Waals surface area contributed by atoms with Gasteiger partial charge in [-0.1, -0.05) is 289 Å². The fourth-order valence-electron chi connectivity index (χ4n) is 9.87. The lowest BCUT2D eigenvalue weighted by Gasteiger charge is -2.40. The van der Waals surface area contributed by atoms with Gasteiger partial charge in [0.25, 0.3) is 0 Å². The van der Waals surface area contributed by atoms with Crippen molar-refractivity contribution >= 4 is 5.91 Å². The van der Waals surface area contributed by atoms with Crippen molar-refractivity contribution in [3.05, 3.63) is 12.2 Å². The van der Waals surface area contributed by atoms with Crippen molar-refractivity contribution in [1.82, 2.24) is 5.32 Å². The van der Waals surface area contributed by atoms with E-state index < -0.39 is 49.5 Å². The highest BCUT2D eigenvalue weighted by Gasteiger charge is 2.44. The number of unbranched alkanes of at least 4 members (excludes halogenated alkanes) is 42. The second-order valence-corrected chi connectivity index (χ2v) is 21.2. The maximum Gasteiger partial charge on any atom is 0.220 e. The highest BCUT2D eigenvalue weighted by Crippen LogP contribution is 2.23. The Morgan fingerprint density at radius 1 is 0.485 bits per heavy atom. The van der Waals surface area contributed by atoms with Gasteiger partial charge in [-0.25, -0.2) is 0 Å². The zero-order valence-electron chi connectivity index (χ0n) is 44.9. The molecule has 9 nitrogen and oxygen atoms in total. The highest BCUT2D eigenvalue weighted by atomic mass is 16.7. The number of hydrogen-bond acceptors (Lipinski definition) is 8. The van der Waals surface area contributed by atoms with E-state index in [0.29, 0.717) is 6.42 Å². The van der Waals surface area contributed by atoms with Crippen molar-refractivity contribution in [2.24, 2.45) is 0 Å². The minimum absolute atomic E-state index is 0.173. The van der Waals surface area contributed by atoms with Crippen LogP contribution < -0.4 is 5.32 Å².